The van der Waals surface area contributed by atoms with Crippen molar-refractivity contribution in [3.8, 4) is 0 Å². The second-order valence-corrected chi connectivity index (χ2v) is 21.0. The van der Waals surface area contributed by atoms with Crippen molar-refractivity contribution in [2.45, 2.75) is 148 Å². The fourth-order valence-corrected chi connectivity index (χ4v) is 13.9. The molecule has 2 nitrogen and oxygen atoms in total. The third-order valence-corrected chi connectivity index (χ3v) is 17.0. The Morgan fingerprint density at radius 2 is 1.00 bits per heavy atom. The summed E-state index contributed by atoms with van der Waals surface area (Å²) in [4.78, 5) is 9.55. The molecular weight excluding hydrogens is 527 g/mol. The minimum Gasteiger partial charge on any atom is -0.480 e. The standard InChI is InChI=1S/3C8H17.C2H4O2S2.Sn.H/c1-4-5-6-7-8(2)3;2*1-3-5-7-8-6-4-2;3-1(4)2(5)6;;/h8H,1,4-7H2,2-3H3;2*1,3-8H2,2H3;2,5-6H,(H,3,4);;. The molecule has 0 heterocycles. The van der Waals surface area contributed by atoms with Crippen molar-refractivity contribution >= 4 is 51.0 Å². The molecular formula is C26H56O2S2Sn. The Balaban J connectivity index is 0. The van der Waals surface area contributed by atoms with Crippen LogP contribution in [0.4, 0.5) is 0 Å². The molecule has 0 aliphatic rings. The van der Waals surface area contributed by atoms with E-state index in [0.29, 0.717) is 0 Å². The summed E-state index contributed by atoms with van der Waals surface area (Å²) < 4.78 is 4.34. The molecule has 188 valence electrons. The predicted molar refractivity (Wildman–Crippen MR) is 151 cm³/mol. The van der Waals surface area contributed by atoms with E-state index in [0.717, 1.165) is 5.92 Å². The molecule has 5 heteroatoms. The largest absolute Gasteiger partial charge is 0.480 e. The van der Waals surface area contributed by atoms with Crippen LogP contribution in [0.2, 0.25) is 13.3 Å². The van der Waals surface area contributed by atoms with Gasteiger partial charge in [0.2, 0.25) is 0 Å². The van der Waals surface area contributed by atoms with Crippen molar-refractivity contribution in [1.29, 1.82) is 0 Å². The minimum absolute atomic E-state index is 0.843. The van der Waals surface area contributed by atoms with Crippen LogP contribution in [0, 0.1) is 5.92 Å². The van der Waals surface area contributed by atoms with Crippen LogP contribution in [0.3, 0.4) is 0 Å². The number of carboxylic acids is 1. The van der Waals surface area contributed by atoms with Gasteiger partial charge in [-0.25, -0.2) is 0 Å². The first-order chi connectivity index (χ1) is 14.8. The molecule has 0 unspecified atom stereocenters. The van der Waals surface area contributed by atoms with E-state index in [1.54, 1.807) is 32.6 Å². The number of hydrogen-bond donors (Lipinski definition) is 3. The van der Waals surface area contributed by atoms with Gasteiger partial charge in [0.05, 0.1) is 0 Å². The van der Waals surface area contributed by atoms with Gasteiger partial charge in [-0.2, -0.15) is 25.3 Å². The van der Waals surface area contributed by atoms with Crippen molar-refractivity contribution < 1.29 is 9.90 Å². The first-order valence-corrected chi connectivity index (χ1v) is 21.5. The Hall–Kier alpha value is 0.969. The molecule has 1 N–H and O–H groups in total. The molecule has 0 saturated heterocycles. The Bertz CT molecular complexity index is 349. The van der Waals surface area contributed by atoms with Crippen LogP contribution in [0.1, 0.15) is 130 Å². The van der Waals surface area contributed by atoms with E-state index in [1.165, 1.54) is 83.5 Å². The maximum absolute atomic E-state index is 9.55. The van der Waals surface area contributed by atoms with Crippen molar-refractivity contribution in [1.82, 2.24) is 0 Å². The average Bonchev–Trinajstić information content (AvgIpc) is 2.72. The van der Waals surface area contributed by atoms with E-state index in [-0.39, 0.29) is 0 Å². The van der Waals surface area contributed by atoms with Gasteiger partial charge in [0.25, 0.3) is 0 Å². The third kappa shape index (κ3) is 31.0. The molecule has 0 radical (unpaired) electrons. The molecule has 0 aromatic carbocycles. The van der Waals surface area contributed by atoms with E-state index >= 15 is 0 Å². The summed E-state index contributed by atoms with van der Waals surface area (Å²) in [7, 11) is 0. The molecule has 0 spiro atoms. The van der Waals surface area contributed by atoms with E-state index in [9.17, 15) is 4.79 Å². The van der Waals surface area contributed by atoms with Gasteiger partial charge >= 0.3 is 175 Å². The van der Waals surface area contributed by atoms with Gasteiger partial charge < -0.3 is 5.11 Å². The molecule has 0 amide bonds. The number of aliphatic carboxylic acids is 1. The maximum atomic E-state index is 9.55. The first-order valence-electron chi connectivity index (χ1n) is 13.4. The number of thiol groups is 2. The quantitative estimate of drug-likeness (QED) is 0.0545. The Labute approximate surface area is 214 Å². The number of rotatable bonds is 21. The van der Waals surface area contributed by atoms with Crippen molar-refractivity contribution in [2.75, 3.05) is 0 Å². The summed E-state index contributed by atoms with van der Waals surface area (Å²) in [6.45, 7) is 9.40. The zero-order chi connectivity index (χ0) is 23.7. The van der Waals surface area contributed by atoms with Crippen LogP contribution in [0.5, 0.6) is 0 Å². The molecule has 0 aliphatic heterocycles. The summed E-state index contributed by atoms with van der Waals surface area (Å²) in [5.41, 5.74) is 0. The predicted octanol–water partition coefficient (Wildman–Crippen LogP) is 9.41. The summed E-state index contributed by atoms with van der Waals surface area (Å²) >= 11 is 5.75. The smallest absolute Gasteiger partial charge is 0.326 e. The minimum atomic E-state index is -1.16. The van der Waals surface area contributed by atoms with Crippen LogP contribution in [0.25, 0.3) is 0 Å². The fourth-order valence-electron chi connectivity index (χ4n) is 4.02. The molecule has 0 fully saturated rings. The topological polar surface area (TPSA) is 37.3 Å². The number of carboxylic acid groups (broad SMARTS) is 1. The summed E-state index contributed by atoms with van der Waals surface area (Å²) in [6, 6.07) is 0. The van der Waals surface area contributed by atoms with E-state index < -0.39 is 30.3 Å². The van der Waals surface area contributed by atoms with Gasteiger partial charge in [-0.1, -0.05) is 0 Å². The second kappa shape index (κ2) is 27.2. The van der Waals surface area contributed by atoms with Gasteiger partial charge in [0.1, 0.15) is 4.58 Å². The molecule has 0 atom stereocenters. The molecule has 0 aromatic heterocycles. The Morgan fingerprint density at radius 1 is 0.677 bits per heavy atom. The maximum Gasteiger partial charge on any atom is 0.326 e. The van der Waals surface area contributed by atoms with Gasteiger partial charge in [-0.05, 0) is 0 Å². The number of carbonyl (C=O) groups is 1. The number of hydrogen-bond acceptors (Lipinski definition) is 3. The zero-order valence-electron chi connectivity index (χ0n) is 21.4. The molecule has 0 rings (SSSR count). The van der Waals surface area contributed by atoms with Crippen LogP contribution >= 0.6 is 25.3 Å². The fraction of sp³-hybridized carbons (Fsp3) is 0.962. The summed E-state index contributed by atoms with van der Waals surface area (Å²) in [5, 5.41) is 7.84. The van der Waals surface area contributed by atoms with Crippen LogP contribution in [-0.4, -0.2) is 35.4 Å². The van der Waals surface area contributed by atoms with Gasteiger partial charge in [-0.3, -0.25) is 4.79 Å². The molecule has 0 aliphatic carbocycles. The van der Waals surface area contributed by atoms with Crippen LogP contribution in [-0.2, 0) is 4.79 Å². The molecule has 31 heavy (non-hydrogen) atoms. The molecule has 0 saturated carbocycles. The van der Waals surface area contributed by atoms with E-state index in [2.05, 4.69) is 53.0 Å². The normalized spacial score (nSPS) is 11.3. The molecule has 0 aromatic rings. The number of unbranched alkanes of at least 4 members (excludes halogenated alkanes) is 12. The first kappa shape index (κ1) is 34.1. The Kier molecular flexibility index (Phi) is 30.0. The van der Waals surface area contributed by atoms with Gasteiger partial charge in [-0.15, -0.1) is 0 Å². The SMILES string of the molecule is CCCCCCC[CH2][SnH]([CH2]CCCCCCC)[CH2]CCCCC(C)C.O=C(O)C(S)S. The van der Waals surface area contributed by atoms with E-state index in [1.807, 2.05) is 0 Å². The summed E-state index contributed by atoms with van der Waals surface area (Å²) in [5.74, 6) is -0.104. The van der Waals surface area contributed by atoms with E-state index in [4.69, 9.17) is 5.11 Å². The monoisotopic (exact) mass is 584 g/mol. The van der Waals surface area contributed by atoms with Gasteiger partial charge in [0, 0.05) is 0 Å². The second-order valence-electron chi connectivity index (χ2n) is 9.72. The van der Waals surface area contributed by atoms with Crippen molar-refractivity contribution in [2.24, 2.45) is 5.92 Å². The zero-order valence-corrected chi connectivity index (χ0v) is 26.5. The van der Waals surface area contributed by atoms with Crippen LogP contribution < -0.4 is 0 Å². The van der Waals surface area contributed by atoms with Gasteiger partial charge in [0.15, 0.2) is 0 Å². The Morgan fingerprint density at radius 3 is 1.32 bits per heavy atom. The molecule has 0 bridgehead atoms. The van der Waals surface area contributed by atoms with Crippen molar-refractivity contribution in [3.63, 3.8) is 0 Å². The third-order valence-electron chi connectivity index (χ3n) is 6.05. The van der Waals surface area contributed by atoms with Crippen LogP contribution in [0.15, 0.2) is 0 Å². The summed E-state index contributed by atoms with van der Waals surface area (Å²) in [6.07, 6.45) is 24.0. The average molecular weight is 584 g/mol. The van der Waals surface area contributed by atoms with Crippen molar-refractivity contribution in [3.05, 3.63) is 0 Å².